The van der Waals surface area contributed by atoms with E-state index in [1.807, 2.05) is 0 Å². The molecule has 1 aromatic heterocycles. The van der Waals surface area contributed by atoms with Crippen molar-refractivity contribution in [1.82, 2.24) is 0 Å². The first-order chi connectivity index (χ1) is 5.47. The van der Waals surface area contributed by atoms with Crippen molar-refractivity contribution in [1.29, 1.82) is 0 Å². The van der Waals surface area contributed by atoms with Crippen LogP contribution in [0.15, 0.2) is 30.3 Å². The number of hydrogen-bond donors (Lipinski definition) is 0. The van der Waals surface area contributed by atoms with Crippen LogP contribution in [0.25, 0.3) is 9.65 Å². The Bertz CT molecular complexity index is 288. The molecule has 0 aliphatic carbocycles. The number of rotatable bonds is 0. The first-order valence-electron chi connectivity index (χ1n) is 3.08. The number of benzene rings is 1. The van der Waals surface area contributed by atoms with Gasteiger partial charge in [-0.15, -0.1) is 0 Å². The molecule has 0 atom stereocenters. The molecule has 52 valence electrons. The second-order valence-electron chi connectivity index (χ2n) is 1.90. The fourth-order valence-corrected chi connectivity index (χ4v) is 2.33. The molecule has 0 saturated carbocycles. The molecule has 0 amide bonds. The van der Waals surface area contributed by atoms with Gasteiger partial charge in [-0.05, 0) is 0 Å². The van der Waals surface area contributed by atoms with Gasteiger partial charge in [-0.25, -0.2) is 0 Å². The predicted octanol–water partition coefficient (Wildman–Crippen LogP) is 2.38. The Morgan fingerprint density at radius 2 is 2.00 bits per heavy atom. The van der Waals surface area contributed by atoms with Crippen LogP contribution in [0.1, 0.15) is 0 Å². The second-order valence-corrected chi connectivity index (χ2v) is 3.75. The van der Waals surface area contributed by atoms with Gasteiger partial charge in [0.2, 0.25) is 0 Å². The molecular weight excluding hydrogens is 276 g/mol. The average molecular weight is 281 g/mol. The zero-order valence-electron chi connectivity index (χ0n) is 5.88. The van der Waals surface area contributed by atoms with E-state index in [4.69, 9.17) is 9.69 Å². The zero-order chi connectivity index (χ0) is 8.10. The molecule has 1 heterocycles. The van der Waals surface area contributed by atoms with E-state index in [0.717, 1.165) is 17.3 Å². The quantitative estimate of drug-likeness (QED) is 0.514. The summed E-state index contributed by atoms with van der Waals surface area (Å²) in [5.41, 5.74) is 0. The van der Waals surface area contributed by atoms with Gasteiger partial charge in [0.25, 0.3) is 0 Å². The topological polar surface area (TPSA) is 0 Å². The molecule has 11 heavy (non-hydrogen) atoms. The monoisotopic (exact) mass is 280 g/mol. The standard InChI is InChI=1S/C8H5Se.ClH.Zn/c1-2-4-8-7(3-1)5-6-9-8;;/h1-5H;1H;/q-1;;+2/p-1. The van der Waals surface area contributed by atoms with Crippen LogP contribution in [0.2, 0.25) is 0 Å². The first-order valence-corrected chi connectivity index (χ1v) is 8.69. The Hall–Kier alpha value is 0.393. The van der Waals surface area contributed by atoms with Crippen LogP contribution in [-0.4, -0.2) is 14.5 Å². The second kappa shape index (κ2) is 5.11. The molecular formula is C8H5ClSeZn. The van der Waals surface area contributed by atoms with Crippen molar-refractivity contribution >= 4 is 33.8 Å². The molecule has 3 heteroatoms. The molecule has 0 nitrogen and oxygen atoms in total. The van der Waals surface area contributed by atoms with E-state index in [-0.39, 0.29) is 0 Å². The van der Waals surface area contributed by atoms with Gasteiger partial charge < -0.3 is 0 Å². The van der Waals surface area contributed by atoms with Crippen LogP contribution in [0, 0.1) is 4.94 Å². The average Bonchev–Trinajstić information content (AvgIpc) is 2.55. The minimum absolute atomic E-state index is 0.497. The summed E-state index contributed by atoms with van der Waals surface area (Å²) in [7, 11) is 4.76. The first kappa shape index (κ1) is 9.48. The molecule has 1 aromatic carbocycles. The Balaban J connectivity index is 0.000000281. The van der Waals surface area contributed by atoms with Gasteiger partial charge in [-0.2, -0.15) is 0 Å². The molecule has 0 saturated heterocycles. The molecule has 0 aliphatic rings. The molecule has 0 spiro atoms. The van der Waals surface area contributed by atoms with Crippen molar-refractivity contribution in [3.8, 4) is 0 Å². The molecule has 0 bridgehead atoms. The third-order valence-electron chi connectivity index (χ3n) is 1.30. The summed E-state index contributed by atoms with van der Waals surface area (Å²) in [4.78, 5) is 3.23. The summed E-state index contributed by atoms with van der Waals surface area (Å²) in [5.74, 6) is 0. The van der Waals surface area contributed by atoms with Crippen molar-refractivity contribution < 1.29 is 17.3 Å². The van der Waals surface area contributed by atoms with Gasteiger partial charge in [-0.3, -0.25) is 0 Å². The maximum absolute atomic E-state index is 4.76. The van der Waals surface area contributed by atoms with E-state index >= 15 is 0 Å². The van der Waals surface area contributed by atoms with Crippen LogP contribution in [0.4, 0.5) is 0 Å². The van der Waals surface area contributed by atoms with Crippen LogP contribution in [-0.2, 0) is 17.3 Å². The summed E-state index contributed by atoms with van der Waals surface area (Å²) in [6, 6.07) is 10.5. The van der Waals surface area contributed by atoms with Crippen molar-refractivity contribution in [3.63, 3.8) is 0 Å². The van der Waals surface area contributed by atoms with Crippen LogP contribution in [0.5, 0.6) is 0 Å². The summed E-state index contributed by atoms with van der Waals surface area (Å²) in [6.07, 6.45) is 0. The third kappa shape index (κ3) is 2.42. The van der Waals surface area contributed by atoms with Gasteiger partial charge in [0.1, 0.15) is 0 Å². The van der Waals surface area contributed by atoms with E-state index in [9.17, 15) is 0 Å². The zero-order valence-corrected chi connectivity index (χ0v) is 11.3. The van der Waals surface area contributed by atoms with Crippen LogP contribution < -0.4 is 0 Å². The molecule has 0 fully saturated rings. The summed E-state index contributed by atoms with van der Waals surface area (Å²) in [6.45, 7) is 0. The van der Waals surface area contributed by atoms with Crippen molar-refractivity contribution in [3.05, 3.63) is 35.3 Å². The van der Waals surface area contributed by atoms with Crippen molar-refractivity contribution in [2.24, 2.45) is 0 Å². The summed E-state index contributed by atoms with van der Waals surface area (Å²) < 4.78 is 1.46. The fraction of sp³-hybridized carbons (Fsp3) is 0. The molecule has 0 unspecified atom stereocenters. The van der Waals surface area contributed by atoms with Gasteiger partial charge in [0.15, 0.2) is 0 Å². The Labute approximate surface area is 86.0 Å². The van der Waals surface area contributed by atoms with Crippen molar-refractivity contribution in [2.45, 2.75) is 0 Å². The Kier molecular flexibility index (Phi) is 4.41. The Morgan fingerprint density at radius 3 is 2.73 bits per heavy atom. The SMILES string of the molecule is [Cl][Zn+].[c-]1cc2ccccc2[se]1. The Morgan fingerprint density at radius 1 is 1.27 bits per heavy atom. The number of hydrogen-bond acceptors (Lipinski definition) is 0. The number of halogens is 1. The van der Waals surface area contributed by atoms with Gasteiger partial charge in [0.05, 0.1) is 0 Å². The molecule has 2 aromatic rings. The summed E-state index contributed by atoms with van der Waals surface area (Å²) >= 11 is 1.34. The molecule has 0 N–H and O–H groups in total. The van der Waals surface area contributed by atoms with E-state index < -0.39 is 0 Å². The van der Waals surface area contributed by atoms with Gasteiger partial charge >= 0.3 is 86.4 Å². The van der Waals surface area contributed by atoms with Crippen LogP contribution >= 0.6 is 9.69 Å². The molecule has 0 radical (unpaired) electrons. The van der Waals surface area contributed by atoms with E-state index in [0.29, 0.717) is 14.5 Å². The van der Waals surface area contributed by atoms with Crippen LogP contribution in [0.3, 0.4) is 0 Å². The van der Waals surface area contributed by atoms with Gasteiger partial charge in [0, 0.05) is 0 Å². The normalized spacial score (nSPS) is 9.00. The maximum atomic E-state index is 4.76. The molecule has 0 aliphatic heterocycles. The van der Waals surface area contributed by atoms with E-state index in [2.05, 4.69) is 35.3 Å². The summed E-state index contributed by atoms with van der Waals surface area (Å²) in [5, 5.41) is 1.36. The predicted molar refractivity (Wildman–Crippen MR) is 45.6 cm³/mol. The molecule has 2 rings (SSSR count). The van der Waals surface area contributed by atoms with E-state index in [1.165, 1.54) is 9.65 Å². The van der Waals surface area contributed by atoms with Crippen molar-refractivity contribution in [2.75, 3.05) is 0 Å². The third-order valence-corrected chi connectivity index (χ3v) is 3.04. The minimum atomic E-state index is 0.497. The fourth-order valence-electron chi connectivity index (χ4n) is 0.849. The van der Waals surface area contributed by atoms with E-state index in [1.54, 1.807) is 0 Å². The number of fused-ring (bicyclic) bond motifs is 1. The van der Waals surface area contributed by atoms with Gasteiger partial charge in [-0.1, -0.05) is 0 Å².